The smallest absolute Gasteiger partial charge is 0.171 e. The van der Waals surface area contributed by atoms with E-state index in [4.69, 9.17) is 0 Å². The highest BCUT2D eigenvalue weighted by Gasteiger charge is 2.30. The van der Waals surface area contributed by atoms with Crippen molar-refractivity contribution in [3.63, 3.8) is 0 Å². The number of hydrogen-bond donors (Lipinski definition) is 0. The summed E-state index contributed by atoms with van der Waals surface area (Å²) in [6.45, 7) is 0. The van der Waals surface area contributed by atoms with E-state index in [1.807, 2.05) is 115 Å². The highest BCUT2D eigenvalue weighted by Crippen LogP contribution is 2.52. The van der Waals surface area contributed by atoms with Crippen LogP contribution < -0.4 is 21.2 Å². The van der Waals surface area contributed by atoms with Crippen molar-refractivity contribution in [3.8, 4) is 0 Å². The van der Waals surface area contributed by atoms with E-state index in [1.54, 1.807) is 11.3 Å². The summed E-state index contributed by atoms with van der Waals surface area (Å²) >= 11 is 1.74. The standard InChI is InChI=1S/C38H30O2P2S/c39-41(31-15-7-2-8-16-31,27-29-13-5-1-6-14-29)28-30-21-23-37-35(25-30)36-26-34(22-24-38(36)43-37)42(40,32-17-9-3-10-18-32)33-19-11-4-12-20-33/h1-26H,27-28H2. The fourth-order valence-electron chi connectivity index (χ4n) is 5.94. The van der Waals surface area contributed by atoms with Crippen LogP contribution in [0.3, 0.4) is 0 Å². The van der Waals surface area contributed by atoms with E-state index in [1.165, 1.54) is 4.70 Å². The minimum absolute atomic E-state index is 0.478. The molecule has 7 rings (SSSR count). The average molecular weight is 613 g/mol. The van der Waals surface area contributed by atoms with Crippen LogP contribution in [0.2, 0.25) is 0 Å². The summed E-state index contributed by atoms with van der Waals surface area (Å²) in [5.74, 6) is 0. The fourth-order valence-corrected chi connectivity index (χ4v) is 12.5. The predicted molar refractivity (Wildman–Crippen MR) is 186 cm³/mol. The van der Waals surface area contributed by atoms with Gasteiger partial charge in [-0.1, -0.05) is 127 Å². The van der Waals surface area contributed by atoms with Crippen molar-refractivity contribution in [2.75, 3.05) is 0 Å². The minimum Gasteiger partial charge on any atom is -0.318 e. The third-order valence-electron chi connectivity index (χ3n) is 8.07. The molecule has 43 heavy (non-hydrogen) atoms. The van der Waals surface area contributed by atoms with Crippen molar-refractivity contribution < 1.29 is 9.13 Å². The van der Waals surface area contributed by atoms with Gasteiger partial charge in [-0.2, -0.15) is 0 Å². The number of thiophene rings is 1. The molecule has 1 atom stereocenters. The predicted octanol–water partition coefficient (Wildman–Crippen LogP) is 9.08. The maximum Gasteiger partial charge on any atom is 0.171 e. The second-order valence-corrected chi connectivity index (χ2v) is 17.7. The van der Waals surface area contributed by atoms with Gasteiger partial charge >= 0.3 is 0 Å². The van der Waals surface area contributed by atoms with Crippen LogP contribution in [0.25, 0.3) is 20.2 Å². The molecule has 0 bridgehead atoms. The van der Waals surface area contributed by atoms with Crippen LogP contribution >= 0.6 is 25.6 Å². The molecule has 2 nitrogen and oxygen atoms in total. The first kappa shape index (κ1) is 27.8. The van der Waals surface area contributed by atoms with Crippen molar-refractivity contribution in [1.29, 1.82) is 0 Å². The molecule has 210 valence electrons. The Bertz CT molecular complexity index is 2080. The second-order valence-electron chi connectivity index (χ2n) is 10.9. The lowest BCUT2D eigenvalue weighted by molar-refractivity contribution is 0.579. The Kier molecular flexibility index (Phi) is 7.50. The second kappa shape index (κ2) is 11.6. The lowest BCUT2D eigenvalue weighted by Crippen LogP contribution is -2.24. The van der Waals surface area contributed by atoms with Crippen LogP contribution in [0.4, 0.5) is 0 Å². The first-order valence-electron chi connectivity index (χ1n) is 14.4. The third kappa shape index (κ3) is 5.34. The molecule has 0 spiro atoms. The third-order valence-corrected chi connectivity index (χ3v) is 15.3. The Morgan fingerprint density at radius 1 is 0.419 bits per heavy atom. The van der Waals surface area contributed by atoms with Gasteiger partial charge in [0.05, 0.1) is 0 Å². The van der Waals surface area contributed by atoms with Gasteiger partial charge in [0.2, 0.25) is 0 Å². The topological polar surface area (TPSA) is 34.1 Å². The zero-order valence-electron chi connectivity index (χ0n) is 23.5. The molecule has 0 aliphatic carbocycles. The van der Waals surface area contributed by atoms with Gasteiger partial charge in [0.15, 0.2) is 7.14 Å². The van der Waals surface area contributed by atoms with Crippen LogP contribution in [0.5, 0.6) is 0 Å². The van der Waals surface area contributed by atoms with E-state index in [0.717, 1.165) is 47.8 Å². The molecule has 0 saturated carbocycles. The highest BCUT2D eigenvalue weighted by molar-refractivity contribution is 7.85. The van der Waals surface area contributed by atoms with Crippen LogP contribution in [-0.2, 0) is 21.5 Å². The van der Waals surface area contributed by atoms with Crippen LogP contribution in [-0.4, -0.2) is 0 Å². The van der Waals surface area contributed by atoms with E-state index in [0.29, 0.717) is 12.3 Å². The number of fused-ring (bicyclic) bond motifs is 3. The quantitative estimate of drug-likeness (QED) is 0.161. The molecule has 0 aliphatic rings. The number of rotatable bonds is 8. The van der Waals surface area contributed by atoms with Gasteiger partial charge in [0, 0.05) is 53.7 Å². The minimum atomic E-state index is -3.10. The van der Waals surface area contributed by atoms with Crippen LogP contribution in [0, 0.1) is 0 Å². The number of hydrogen-bond acceptors (Lipinski definition) is 3. The summed E-state index contributed by atoms with van der Waals surface area (Å²) in [7, 11) is -5.89. The van der Waals surface area contributed by atoms with Gasteiger partial charge in [-0.25, -0.2) is 0 Å². The maximum atomic E-state index is 15.1. The summed E-state index contributed by atoms with van der Waals surface area (Å²) in [6.07, 6.45) is 0.993. The van der Waals surface area contributed by atoms with Gasteiger partial charge in [-0.15, -0.1) is 11.3 Å². The van der Waals surface area contributed by atoms with Crippen molar-refractivity contribution in [1.82, 2.24) is 0 Å². The van der Waals surface area contributed by atoms with Crippen molar-refractivity contribution in [2.45, 2.75) is 12.3 Å². The summed E-state index contributed by atoms with van der Waals surface area (Å²) in [5, 5.41) is 5.58. The molecule has 1 heterocycles. The molecule has 0 fully saturated rings. The first-order valence-corrected chi connectivity index (χ1v) is 19.0. The molecule has 0 radical (unpaired) electrons. The molecular weight excluding hydrogens is 582 g/mol. The van der Waals surface area contributed by atoms with E-state index >= 15 is 4.57 Å². The first-order chi connectivity index (χ1) is 21.0. The molecule has 5 heteroatoms. The molecule has 1 unspecified atom stereocenters. The average Bonchev–Trinajstić information content (AvgIpc) is 3.43. The highest BCUT2D eigenvalue weighted by atomic mass is 32.1. The van der Waals surface area contributed by atoms with Gasteiger partial charge < -0.3 is 9.13 Å². The van der Waals surface area contributed by atoms with E-state index in [9.17, 15) is 4.57 Å². The van der Waals surface area contributed by atoms with Gasteiger partial charge in [-0.3, -0.25) is 0 Å². The molecule has 0 aliphatic heterocycles. The fraction of sp³-hybridized carbons (Fsp3) is 0.0526. The molecular formula is C38H30O2P2S. The lowest BCUT2D eigenvalue weighted by atomic mass is 10.1. The summed E-state index contributed by atoms with van der Waals surface area (Å²) < 4.78 is 32.1. The normalized spacial score (nSPS) is 13.2. The Morgan fingerprint density at radius 3 is 1.47 bits per heavy atom. The summed E-state index contributed by atoms with van der Waals surface area (Å²) in [4.78, 5) is 0. The molecule has 1 aromatic heterocycles. The molecule has 0 amide bonds. The van der Waals surface area contributed by atoms with Crippen LogP contribution in [0.1, 0.15) is 11.1 Å². The van der Waals surface area contributed by atoms with Gasteiger partial charge in [0.25, 0.3) is 0 Å². The van der Waals surface area contributed by atoms with Gasteiger partial charge in [-0.05, 0) is 41.5 Å². The molecule has 0 saturated heterocycles. The SMILES string of the molecule is O=P(Cc1ccccc1)(Cc1ccc2sc3ccc(P(=O)(c4ccccc4)c4ccccc4)cc3c2c1)c1ccccc1. The molecule has 0 N–H and O–H groups in total. The van der Waals surface area contributed by atoms with E-state index in [-0.39, 0.29) is 0 Å². The summed E-state index contributed by atoms with van der Waals surface area (Å²) in [5.41, 5.74) is 2.13. The monoisotopic (exact) mass is 612 g/mol. The van der Waals surface area contributed by atoms with E-state index in [2.05, 4.69) is 42.5 Å². The van der Waals surface area contributed by atoms with E-state index < -0.39 is 14.3 Å². The largest absolute Gasteiger partial charge is 0.318 e. The van der Waals surface area contributed by atoms with Gasteiger partial charge in [0.1, 0.15) is 7.14 Å². The lowest BCUT2D eigenvalue weighted by Gasteiger charge is -2.20. The van der Waals surface area contributed by atoms with Crippen molar-refractivity contribution in [3.05, 3.63) is 169 Å². The Hall–Kier alpha value is -4.00. The van der Waals surface area contributed by atoms with Crippen molar-refractivity contribution >= 4 is 67.0 Å². The number of benzene rings is 6. The zero-order valence-corrected chi connectivity index (χ0v) is 26.1. The zero-order chi connectivity index (χ0) is 29.3. The van der Waals surface area contributed by atoms with Crippen LogP contribution in [0.15, 0.2) is 158 Å². The summed E-state index contributed by atoms with van der Waals surface area (Å²) in [6, 6.07) is 52.4. The maximum absolute atomic E-state index is 15.1. The van der Waals surface area contributed by atoms with Crippen molar-refractivity contribution in [2.24, 2.45) is 0 Å². The Balaban J connectivity index is 1.34. The molecule has 7 aromatic rings. The molecule has 6 aromatic carbocycles. The Morgan fingerprint density at radius 2 is 0.884 bits per heavy atom. The Labute approximate surface area is 256 Å².